The zero-order valence-corrected chi connectivity index (χ0v) is 17.0. The lowest BCUT2D eigenvalue weighted by Gasteiger charge is -2.40. The monoisotopic (exact) mass is 397 g/mol. The van der Waals surface area contributed by atoms with Crippen molar-refractivity contribution in [2.45, 2.75) is 44.6 Å². The minimum absolute atomic E-state index is 0.0129. The fourth-order valence-electron chi connectivity index (χ4n) is 5.20. The number of nitrogens with one attached hydrogen (secondary N) is 1. The van der Waals surface area contributed by atoms with E-state index in [4.69, 9.17) is 21.7 Å². The maximum absolute atomic E-state index is 12.4. The number of fused-ring (bicyclic) bond motifs is 3. The third-order valence-electron chi connectivity index (χ3n) is 6.42. The molecule has 2 aromatic heterocycles. The summed E-state index contributed by atoms with van der Waals surface area (Å²) in [5.74, 6) is 0.713. The van der Waals surface area contributed by atoms with Gasteiger partial charge in [0.2, 0.25) is 0 Å². The van der Waals surface area contributed by atoms with E-state index in [0.29, 0.717) is 5.82 Å². The highest BCUT2D eigenvalue weighted by Crippen LogP contribution is 2.43. The molecular formula is C21H24ClN5O. The maximum atomic E-state index is 12.4. The molecule has 1 unspecified atom stereocenters. The van der Waals surface area contributed by atoms with E-state index in [9.17, 15) is 4.79 Å². The number of hydrogen-bond acceptors (Lipinski definition) is 4. The van der Waals surface area contributed by atoms with Crippen molar-refractivity contribution in [3.63, 3.8) is 0 Å². The molecule has 0 bridgehead atoms. The van der Waals surface area contributed by atoms with Crippen molar-refractivity contribution in [2.24, 2.45) is 7.05 Å². The standard InChI is InChI=1S/C21H24ClN5O/c1-13-23-19-14(20(28)24-13)7-9-21(19)8-4-10-27(12-21)11-16-18-15(22)5-3-6-17(18)26(2)25-16/h3,5-6H,4,7-12H2,1-2H3,(H,23,24,28). The van der Waals surface area contributed by atoms with Gasteiger partial charge < -0.3 is 4.98 Å². The molecule has 1 N–H and O–H groups in total. The third kappa shape index (κ3) is 2.70. The van der Waals surface area contributed by atoms with Crippen molar-refractivity contribution >= 4 is 22.5 Å². The van der Waals surface area contributed by atoms with Crippen LogP contribution in [0.15, 0.2) is 23.0 Å². The number of likely N-dealkylation sites (tertiary alicyclic amines) is 1. The van der Waals surface area contributed by atoms with Crippen LogP contribution in [0, 0.1) is 6.92 Å². The fourth-order valence-corrected chi connectivity index (χ4v) is 5.48. The molecule has 6 nitrogen and oxygen atoms in total. The summed E-state index contributed by atoms with van der Waals surface area (Å²) in [5, 5.41) is 6.55. The van der Waals surface area contributed by atoms with Crippen LogP contribution in [0.1, 0.15) is 42.0 Å². The van der Waals surface area contributed by atoms with Gasteiger partial charge in [0.25, 0.3) is 5.56 Å². The van der Waals surface area contributed by atoms with Crippen LogP contribution >= 0.6 is 11.6 Å². The van der Waals surface area contributed by atoms with Gasteiger partial charge in [0.1, 0.15) is 5.82 Å². The van der Waals surface area contributed by atoms with Crippen LogP contribution in [0.2, 0.25) is 5.02 Å². The van der Waals surface area contributed by atoms with Gasteiger partial charge >= 0.3 is 0 Å². The number of benzene rings is 1. The first-order valence-corrected chi connectivity index (χ1v) is 10.3. The molecule has 2 aliphatic rings. The van der Waals surface area contributed by atoms with E-state index in [2.05, 4.69) is 16.0 Å². The Morgan fingerprint density at radius 2 is 2.18 bits per heavy atom. The minimum Gasteiger partial charge on any atom is -0.311 e. The van der Waals surface area contributed by atoms with Crippen LogP contribution in [0.4, 0.5) is 0 Å². The lowest BCUT2D eigenvalue weighted by molar-refractivity contribution is 0.135. The summed E-state index contributed by atoms with van der Waals surface area (Å²) in [6.07, 6.45) is 4.02. The molecule has 1 spiro atoms. The van der Waals surface area contributed by atoms with Crippen LogP contribution < -0.4 is 5.56 Å². The van der Waals surface area contributed by atoms with Crippen molar-refractivity contribution < 1.29 is 0 Å². The molecular weight excluding hydrogens is 374 g/mol. The molecule has 5 rings (SSSR count). The fraction of sp³-hybridized carbons (Fsp3) is 0.476. The summed E-state index contributed by atoms with van der Waals surface area (Å²) in [4.78, 5) is 22.5. The van der Waals surface area contributed by atoms with Gasteiger partial charge in [-0.1, -0.05) is 17.7 Å². The van der Waals surface area contributed by atoms with E-state index in [-0.39, 0.29) is 11.0 Å². The first kappa shape index (κ1) is 17.9. The topological polar surface area (TPSA) is 66.8 Å². The Bertz CT molecular complexity index is 1130. The number of aromatic nitrogens is 4. The molecule has 1 saturated heterocycles. The zero-order chi connectivity index (χ0) is 19.5. The predicted octanol–water partition coefficient (Wildman–Crippen LogP) is 3.10. The summed E-state index contributed by atoms with van der Waals surface area (Å²) in [7, 11) is 1.96. The van der Waals surface area contributed by atoms with Crippen LogP contribution in [-0.4, -0.2) is 37.7 Å². The van der Waals surface area contributed by atoms with Gasteiger partial charge in [-0.15, -0.1) is 0 Å². The zero-order valence-electron chi connectivity index (χ0n) is 16.3. The second-order valence-corrected chi connectivity index (χ2v) is 8.68. The maximum Gasteiger partial charge on any atom is 0.254 e. The summed E-state index contributed by atoms with van der Waals surface area (Å²) >= 11 is 6.50. The van der Waals surface area contributed by atoms with Crippen LogP contribution in [0.3, 0.4) is 0 Å². The van der Waals surface area contributed by atoms with E-state index in [1.807, 2.05) is 30.8 Å². The molecule has 1 aliphatic heterocycles. The van der Waals surface area contributed by atoms with E-state index in [1.54, 1.807) is 0 Å². The van der Waals surface area contributed by atoms with Gasteiger partial charge in [-0.25, -0.2) is 4.98 Å². The molecule has 1 aromatic carbocycles. The average molecular weight is 398 g/mol. The average Bonchev–Trinajstić information content (AvgIpc) is 3.15. The van der Waals surface area contributed by atoms with E-state index < -0.39 is 0 Å². The Labute approximate surface area is 168 Å². The Hall–Kier alpha value is -2.18. The minimum atomic E-state index is -0.0129. The van der Waals surface area contributed by atoms with E-state index in [1.165, 1.54) is 0 Å². The summed E-state index contributed by atoms with van der Waals surface area (Å²) in [6.45, 7) is 4.58. The molecule has 7 heteroatoms. The lowest BCUT2D eigenvalue weighted by Crippen LogP contribution is -2.45. The molecule has 0 radical (unpaired) electrons. The number of H-pyrrole nitrogens is 1. The molecule has 28 heavy (non-hydrogen) atoms. The second kappa shape index (κ2) is 6.42. The first-order chi connectivity index (χ1) is 13.5. The summed E-state index contributed by atoms with van der Waals surface area (Å²) < 4.78 is 1.91. The van der Waals surface area contributed by atoms with Crippen molar-refractivity contribution in [1.82, 2.24) is 24.6 Å². The van der Waals surface area contributed by atoms with Gasteiger partial charge in [-0.3, -0.25) is 14.4 Å². The van der Waals surface area contributed by atoms with Crippen molar-refractivity contribution in [3.05, 3.63) is 56.4 Å². The number of nitrogens with zero attached hydrogens (tertiary/aromatic N) is 4. The lowest BCUT2D eigenvalue weighted by atomic mass is 9.77. The quantitative estimate of drug-likeness (QED) is 0.721. The van der Waals surface area contributed by atoms with Crippen LogP contribution in [0.5, 0.6) is 0 Å². The highest BCUT2D eigenvalue weighted by atomic mass is 35.5. The van der Waals surface area contributed by atoms with Crippen molar-refractivity contribution in [1.29, 1.82) is 0 Å². The molecule has 3 heterocycles. The Balaban J connectivity index is 1.48. The van der Waals surface area contributed by atoms with Gasteiger partial charge in [0, 0.05) is 36.5 Å². The number of aryl methyl sites for hydroxylation is 2. The Morgan fingerprint density at radius 1 is 1.32 bits per heavy atom. The second-order valence-electron chi connectivity index (χ2n) is 8.28. The smallest absolute Gasteiger partial charge is 0.254 e. The van der Waals surface area contributed by atoms with Gasteiger partial charge in [0.15, 0.2) is 0 Å². The Morgan fingerprint density at radius 3 is 3.04 bits per heavy atom. The van der Waals surface area contributed by atoms with E-state index in [0.717, 1.165) is 78.2 Å². The van der Waals surface area contributed by atoms with Crippen LogP contribution in [-0.2, 0) is 25.4 Å². The molecule has 146 valence electrons. The molecule has 0 amide bonds. The predicted molar refractivity (Wildman–Crippen MR) is 110 cm³/mol. The normalized spacial score (nSPS) is 22.2. The van der Waals surface area contributed by atoms with Crippen LogP contribution in [0.25, 0.3) is 10.9 Å². The van der Waals surface area contributed by atoms with Crippen molar-refractivity contribution in [3.8, 4) is 0 Å². The number of rotatable bonds is 2. The highest BCUT2D eigenvalue weighted by Gasteiger charge is 2.44. The van der Waals surface area contributed by atoms with Crippen molar-refractivity contribution in [2.75, 3.05) is 13.1 Å². The largest absolute Gasteiger partial charge is 0.311 e. The molecule has 1 fully saturated rings. The summed E-state index contributed by atoms with van der Waals surface area (Å²) in [6, 6.07) is 5.95. The van der Waals surface area contributed by atoms with E-state index >= 15 is 0 Å². The molecule has 0 saturated carbocycles. The highest BCUT2D eigenvalue weighted by molar-refractivity contribution is 6.35. The summed E-state index contributed by atoms with van der Waals surface area (Å²) in [5.41, 5.74) is 4.03. The van der Waals surface area contributed by atoms with Gasteiger partial charge in [-0.05, 0) is 51.3 Å². The van der Waals surface area contributed by atoms with Gasteiger partial charge in [-0.2, -0.15) is 5.10 Å². The number of piperidine rings is 1. The number of hydrogen-bond donors (Lipinski definition) is 1. The number of halogens is 1. The number of aromatic amines is 1. The SMILES string of the molecule is Cc1nc2c(c(=O)[nH]1)CCC21CCCN(Cc2nn(C)c3cccc(Cl)c23)C1. The molecule has 3 aromatic rings. The molecule has 1 atom stereocenters. The Kier molecular flexibility index (Phi) is 4.10. The molecule has 1 aliphatic carbocycles. The first-order valence-electron chi connectivity index (χ1n) is 9.90. The third-order valence-corrected chi connectivity index (χ3v) is 6.73. The van der Waals surface area contributed by atoms with Gasteiger partial charge in [0.05, 0.1) is 21.9 Å².